The van der Waals surface area contributed by atoms with Gasteiger partial charge in [0.1, 0.15) is 6.54 Å². The first-order valence-electron chi connectivity index (χ1n) is 8.35. The second-order valence-electron chi connectivity index (χ2n) is 6.96. The molecule has 1 aromatic heterocycles. The molecule has 7 nitrogen and oxygen atoms in total. The van der Waals surface area contributed by atoms with Crippen LogP contribution in [0.15, 0.2) is 29.3 Å². The Balaban J connectivity index is 1.85. The lowest BCUT2D eigenvalue weighted by atomic mass is 9.92. The number of benzene rings is 1. The van der Waals surface area contributed by atoms with Crippen molar-refractivity contribution in [3.05, 3.63) is 40.4 Å². The summed E-state index contributed by atoms with van der Waals surface area (Å²) in [6.45, 7) is 5.61. The lowest BCUT2D eigenvalue weighted by Gasteiger charge is -2.35. The first kappa shape index (κ1) is 17.1. The third-order valence-electron chi connectivity index (χ3n) is 4.60. The Morgan fingerprint density at radius 1 is 1.24 bits per heavy atom. The molecule has 2 atom stereocenters. The number of aromatic nitrogens is 2. The smallest absolute Gasteiger partial charge is 0.335 e. The minimum atomic E-state index is -1.07. The summed E-state index contributed by atoms with van der Waals surface area (Å²) in [6, 6.07) is 4.17. The maximum Gasteiger partial charge on any atom is 0.335 e. The molecule has 1 fully saturated rings. The largest absolute Gasteiger partial charge is 0.478 e. The van der Waals surface area contributed by atoms with Gasteiger partial charge in [0, 0.05) is 13.1 Å². The van der Waals surface area contributed by atoms with Crippen LogP contribution in [-0.4, -0.2) is 44.5 Å². The molecule has 0 spiro atoms. The van der Waals surface area contributed by atoms with E-state index in [1.807, 2.05) is 4.90 Å². The summed E-state index contributed by atoms with van der Waals surface area (Å²) in [5.74, 6) is -0.262. The fourth-order valence-electron chi connectivity index (χ4n) is 3.52. The van der Waals surface area contributed by atoms with Gasteiger partial charge in [-0.3, -0.25) is 14.2 Å². The van der Waals surface area contributed by atoms with Gasteiger partial charge < -0.3 is 10.0 Å². The molecule has 25 heavy (non-hydrogen) atoms. The molecule has 0 radical (unpaired) electrons. The van der Waals surface area contributed by atoms with E-state index in [0.717, 1.165) is 6.42 Å². The van der Waals surface area contributed by atoms with Gasteiger partial charge in [-0.1, -0.05) is 13.8 Å². The molecule has 1 N–H and O–H groups in total. The summed E-state index contributed by atoms with van der Waals surface area (Å²) in [4.78, 5) is 42.1. The molecule has 1 aromatic carbocycles. The Labute approximate surface area is 144 Å². The quantitative estimate of drug-likeness (QED) is 0.914. The fourth-order valence-corrected chi connectivity index (χ4v) is 3.52. The Morgan fingerprint density at radius 2 is 1.92 bits per heavy atom. The van der Waals surface area contributed by atoms with Crippen molar-refractivity contribution in [2.24, 2.45) is 11.8 Å². The van der Waals surface area contributed by atoms with Crippen LogP contribution in [0.3, 0.4) is 0 Å². The molecule has 1 saturated heterocycles. The third kappa shape index (κ3) is 3.55. The van der Waals surface area contributed by atoms with Gasteiger partial charge >= 0.3 is 5.97 Å². The third-order valence-corrected chi connectivity index (χ3v) is 4.60. The number of rotatable bonds is 3. The van der Waals surface area contributed by atoms with Crippen molar-refractivity contribution in [1.82, 2.24) is 14.5 Å². The number of hydrogen-bond donors (Lipinski definition) is 1. The lowest BCUT2D eigenvalue weighted by molar-refractivity contribution is -0.134. The average Bonchev–Trinajstić information content (AvgIpc) is 2.56. The first-order chi connectivity index (χ1) is 11.8. The average molecular weight is 343 g/mol. The number of amides is 1. The summed E-state index contributed by atoms with van der Waals surface area (Å²) in [5.41, 5.74) is 0.0479. The van der Waals surface area contributed by atoms with Gasteiger partial charge in [-0.2, -0.15) is 0 Å². The topological polar surface area (TPSA) is 92.5 Å². The van der Waals surface area contributed by atoms with Crippen LogP contribution >= 0.6 is 0 Å². The van der Waals surface area contributed by atoms with Crippen LogP contribution in [0.5, 0.6) is 0 Å². The van der Waals surface area contributed by atoms with Crippen molar-refractivity contribution in [1.29, 1.82) is 0 Å². The number of hydrogen-bond acceptors (Lipinski definition) is 4. The van der Waals surface area contributed by atoms with E-state index in [4.69, 9.17) is 5.11 Å². The van der Waals surface area contributed by atoms with E-state index in [0.29, 0.717) is 35.8 Å². The zero-order valence-corrected chi connectivity index (χ0v) is 14.3. The maximum absolute atomic E-state index is 12.6. The molecule has 2 aromatic rings. The second-order valence-corrected chi connectivity index (χ2v) is 6.96. The summed E-state index contributed by atoms with van der Waals surface area (Å²) in [6.07, 6.45) is 2.41. The molecule has 0 saturated carbocycles. The van der Waals surface area contributed by atoms with Gasteiger partial charge in [-0.05, 0) is 36.5 Å². The minimum Gasteiger partial charge on any atom is -0.478 e. The molecule has 2 heterocycles. The minimum absolute atomic E-state index is 0.0537. The maximum atomic E-state index is 12.6. The molecule has 1 amide bonds. The highest BCUT2D eigenvalue weighted by Crippen LogP contribution is 2.21. The van der Waals surface area contributed by atoms with Crippen LogP contribution in [0.2, 0.25) is 0 Å². The molecule has 132 valence electrons. The number of carbonyl (C=O) groups excluding carboxylic acids is 1. The van der Waals surface area contributed by atoms with Crippen molar-refractivity contribution in [2.75, 3.05) is 13.1 Å². The van der Waals surface area contributed by atoms with Crippen molar-refractivity contribution >= 4 is 22.8 Å². The van der Waals surface area contributed by atoms with E-state index in [-0.39, 0.29) is 23.6 Å². The van der Waals surface area contributed by atoms with E-state index in [9.17, 15) is 14.4 Å². The van der Waals surface area contributed by atoms with Crippen LogP contribution in [0.1, 0.15) is 30.6 Å². The molecule has 1 aliphatic rings. The van der Waals surface area contributed by atoms with Crippen LogP contribution in [0.4, 0.5) is 0 Å². The van der Waals surface area contributed by atoms with Crippen molar-refractivity contribution < 1.29 is 14.7 Å². The van der Waals surface area contributed by atoms with E-state index in [1.54, 1.807) is 0 Å². The van der Waals surface area contributed by atoms with Crippen LogP contribution in [0.25, 0.3) is 10.9 Å². The molecule has 1 aliphatic heterocycles. The van der Waals surface area contributed by atoms with Crippen LogP contribution < -0.4 is 5.56 Å². The molecule has 3 rings (SSSR count). The summed E-state index contributed by atoms with van der Waals surface area (Å²) in [7, 11) is 0. The predicted octanol–water partition coefficient (Wildman–Crippen LogP) is 1.60. The highest BCUT2D eigenvalue weighted by atomic mass is 16.4. The Morgan fingerprint density at radius 3 is 2.56 bits per heavy atom. The Kier molecular flexibility index (Phi) is 4.57. The van der Waals surface area contributed by atoms with Gasteiger partial charge in [-0.15, -0.1) is 0 Å². The van der Waals surface area contributed by atoms with Crippen LogP contribution in [0, 0.1) is 11.8 Å². The normalized spacial score (nSPS) is 20.6. The van der Waals surface area contributed by atoms with Crippen molar-refractivity contribution in [2.45, 2.75) is 26.8 Å². The number of carboxylic acids is 1. The molecular formula is C18H21N3O4. The van der Waals surface area contributed by atoms with Gasteiger partial charge in [0.05, 0.1) is 22.8 Å². The van der Waals surface area contributed by atoms with Crippen molar-refractivity contribution in [3.8, 4) is 0 Å². The van der Waals surface area contributed by atoms with E-state index in [2.05, 4.69) is 18.8 Å². The summed E-state index contributed by atoms with van der Waals surface area (Å²) >= 11 is 0. The highest BCUT2D eigenvalue weighted by Gasteiger charge is 2.25. The van der Waals surface area contributed by atoms with Gasteiger partial charge in [0.15, 0.2) is 0 Å². The van der Waals surface area contributed by atoms with Crippen LogP contribution in [-0.2, 0) is 11.3 Å². The zero-order valence-electron chi connectivity index (χ0n) is 14.3. The summed E-state index contributed by atoms with van der Waals surface area (Å²) < 4.78 is 1.29. The SMILES string of the molecule is CC1CC(C)CN(C(=O)Cn2cnc3cc(C(=O)O)ccc3c2=O)C1. The number of carboxylic acid groups (broad SMARTS) is 1. The number of carbonyl (C=O) groups is 2. The van der Waals surface area contributed by atoms with Gasteiger partial charge in [0.2, 0.25) is 5.91 Å². The van der Waals surface area contributed by atoms with E-state index >= 15 is 0 Å². The number of likely N-dealkylation sites (tertiary alicyclic amines) is 1. The Hall–Kier alpha value is -2.70. The molecular weight excluding hydrogens is 322 g/mol. The van der Waals surface area contributed by atoms with E-state index in [1.165, 1.54) is 29.1 Å². The number of piperidine rings is 1. The molecule has 2 unspecified atom stereocenters. The van der Waals surface area contributed by atoms with Gasteiger partial charge in [-0.25, -0.2) is 9.78 Å². The Bertz CT molecular complexity index is 880. The van der Waals surface area contributed by atoms with E-state index < -0.39 is 5.97 Å². The summed E-state index contributed by atoms with van der Waals surface area (Å²) in [5, 5.41) is 9.32. The zero-order chi connectivity index (χ0) is 18.1. The standard InChI is InChI=1S/C18H21N3O4/c1-11-5-12(2)8-20(7-11)16(22)9-21-10-19-15-6-13(18(24)25)3-4-14(15)17(21)23/h3-4,6,10-12H,5,7-9H2,1-2H3,(H,24,25). The second kappa shape index (κ2) is 6.66. The highest BCUT2D eigenvalue weighted by molar-refractivity contribution is 5.92. The number of aromatic carboxylic acids is 1. The van der Waals surface area contributed by atoms with Gasteiger partial charge in [0.25, 0.3) is 5.56 Å². The molecule has 7 heteroatoms. The lowest BCUT2D eigenvalue weighted by Crippen LogP contribution is -2.44. The monoisotopic (exact) mass is 343 g/mol. The van der Waals surface area contributed by atoms with Crippen molar-refractivity contribution in [3.63, 3.8) is 0 Å². The first-order valence-corrected chi connectivity index (χ1v) is 8.35. The molecule has 0 aliphatic carbocycles. The number of nitrogens with zero attached hydrogens (tertiary/aromatic N) is 3. The number of fused-ring (bicyclic) bond motifs is 1. The predicted molar refractivity (Wildman–Crippen MR) is 92.5 cm³/mol. The molecule has 0 bridgehead atoms. The fraction of sp³-hybridized carbons (Fsp3) is 0.444.